The second-order valence-corrected chi connectivity index (χ2v) is 13.2. The van der Waals surface area contributed by atoms with Gasteiger partial charge in [0.1, 0.15) is 18.2 Å². The Morgan fingerprint density at radius 2 is 1.38 bits per heavy atom. The number of aliphatic hydroxyl groups is 1. The van der Waals surface area contributed by atoms with Crippen molar-refractivity contribution in [1.82, 2.24) is 15.5 Å². The van der Waals surface area contributed by atoms with Crippen LogP contribution in [0.15, 0.2) is 60.7 Å². The first-order valence-electron chi connectivity index (χ1n) is 14.5. The summed E-state index contributed by atoms with van der Waals surface area (Å²) in [5.74, 6) is -0.338. The van der Waals surface area contributed by atoms with Gasteiger partial charge in [0, 0.05) is 6.54 Å². The summed E-state index contributed by atoms with van der Waals surface area (Å²) < 4.78 is 11.0. The molecule has 0 bridgehead atoms. The molecule has 9 nitrogen and oxygen atoms in total. The number of aliphatic hydroxyl groups excluding tert-OH is 1. The molecule has 3 atom stereocenters. The molecule has 0 aliphatic carbocycles. The zero-order valence-corrected chi connectivity index (χ0v) is 26.3. The molecule has 2 aromatic carbocycles. The van der Waals surface area contributed by atoms with E-state index in [1.54, 1.807) is 20.8 Å². The molecule has 42 heavy (non-hydrogen) atoms. The van der Waals surface area contributed by atoms with Gasteiger partial charge in [-0.2, -0.15) is 0 Å². The number of ether oxygens (including phenoxy) is 2. The molecule has 0 aliphatic heterocycles. The van der Waals surface area contributed by atoms with Crippen LogP contribution in [0.1, 0.15) is 66.5 Å². The lowest BCUT2D eigenvalue weighted by Crippen LogP contribution is -2.59. The van der Waals surface area contributed by atoms with Crippen molar-refractivity contribution in [2.75, 3.05) is 13.1 Å². The van der Waals surface area contributed by atoms with E-state index in [9.17, 15) is 19.5 Å². The SMILES string of the molecule is CC(C)CN(CC(O)C(Cc1ccccc1)NC(=O)C(NC(=O)OCc1ccccc1)C(C)(C)C)C(=O)OC(C)(C)C. The van der Waals surface area contributed by atoms with Gasteiger partial charge in [0.25, 0.3) is 0 Å². The van der Waals surface area contributed by atoms with E-state index >= 15 is 0 Å². The molecule has 0 saturated carbocycles. The Labute approximate surface area is 251 Å². The van der Waals surface area contributed by atoms with Crippen molar-refractivity contribution in [2.24, 2.45) is 11.3 Å². The van der Waals surface area contributed by atoms with E-state index in [-0.39, 0.29) is 19.1 Å². The van der Waals surface area contributed by atoms with Crippen molar-refractivity contribution >= 4 is 18.1 Å². The minimum atomic E-state index is -1.12. The molecule has 3 N–H and O–H groups in total. The van der Waals surface area contributed by atoms with Crippen molar-refractivity contribution in [3.8, 4) is 0 Å². The van der Waals surface area contributed by atoms with E-state index in [0.717, 1.165) is 11.1 Å². The minimum Gasteiger partial charge on any atom is -0.445 e. The van der Waals surface area contributed by atoms with E-state index < -0.39 is 47.3 Å². The van der Waals surface area contributed by atoms with Gasteiger partial charge in [0.05, 0.1) is 18.7 Å². The van der Waals surface area contributed by atoms with Gasteiger partial charge in [-0.25, -0.2) is 9.59 Å². The highest BCUT2D eigenvalue weighted by molar-refractivity contribution is 5.86. The number of hydrogen-bond donors (Lipinski definition) is 3. The summed E-state index contributed by atoms with van der Waals surface area (Å²) >= 11 is 0. The van der Waals surface area contributed by atoms with E-state index in [2.05, 4.69) is 10.6 Å². The maximum Gasteiger partial charge on any atom is 0.410 e. The lowest BCUT2D eigenvalue weighted by molar-refractivity contribution is -0.127. The van der Waals surface area contributed by atoms with Crippen molar-refractivity contribution < 1.29 is 29.0 Å². The van der Waals surface area contributed by atoms with Gasteiger partial charge in [-0.15, -0.1) is 0 Å². The quantitative estimate of drug-likeness (QED) is 0.312. The maximum absolute atomic E-state index is 13.7. The Morgan fingerprint density at radius 3 is 1.88 bits per heavy atom. The highest BCUT2D eigenvalue weighted by atomic mass is 16.6. The highest BCUT2D eigenvalue weighted by Crippen LogP contribution is 2.21. The number of hydrogen-bond acceptors (Lipinski definition) is 6. The predicted octanol–water partition coefficient (Wildman–Crippen LogP) is 5.31. The van der Waals surface area contributed by atoms with Crippen molar-refractivity contribution in [1.29, 1.82) is 0 Å². The van der Waals surface area contributed by atoms with Crippen LogP contribution in [0.3, 0.4) is 0 Å². The average Bonchev–Trinajstić information content (AvgIpc) is 2.89. The number of rotatable bonds is 12. The van der Waals surface area contributed by atoms with Crippen LogP contribution in [0.2, 0.25) is 0 Å². The predicted molar refractivity (Wildman–Crippen MR) is 164 cm³/mol. The van der Waals surface area contributed by atoms with Crippen LogP contribution in [0.4, 0.5) is 9.59 Å². The number of nitrogens with one attached hydrogen (secondary N) is 2. The van der Waals surface area contributed by atoms with Gasteiger partial charge < -0.3 is 30.1 Å². The van der Waals surface area contributed by atoms with Gasteiger partial charge in [-0.05, 0) is 49.7 Å². The average molecular weight is 584 g/mol. The van der Waals surface area contributed by atoms with Gasteiger partial charge in [0.15, 0.2) is 0 Å². The minimum absolute atomic E-state index is 0.0440. The zero-order valence-electron chi connectivity index (χ0n) is 26.3. The Hall–Kier alpha value is -3.59. The van der Waals surface area contributed by atoms with Crippen LogP contribution in [0.5, 0.6) is 0 Å². The second-order valence-electron chi connectivity index (χ2n) is 13.2. The van der Waals surface area contributed by atoms with E-state index in [4.69, 9.17) is 9.47 Å². The molecule has 0 heterocycles. The summed E-state index contributed by atoms with van der Waals surface area (Å²) in [5, 5.41) is 17.1. The molecular formula is C33H49N3O6. The Balaban J connectivity index is 2.24. The summed E-state index contributed by atoms with van der Waals surface area (Å²) in [5.41, 5.74) is 0.358. The first kappa shape index (κ1) is 34.6. The number of carbonyl (C=O) groups is 3. The molecule has 0 spiro atoms. The van der Waals surface area contributed by atoms with Gasteiger partial charge >= 0.3 is 12.2 Å². The van der Waals surface area contributed by atoms with Crippen LogP contribution in [-0.2, 0) is 27.3 Å². The summed E-state index contributed by atoms with van der Waals surface area (Å²) in [6.45, 7) is 15.2. The third kappa shape index (κ3) is 12.5. The Morgan fingerprint density at radius 1 is 0.833 bits per heavy atom. The van der Waals surface area contributed by atoms with Crippen molar-refractivity contribution in [3.05, 3.63) is 71.8 Å². The lowest BCUT2D eigenvalue weighted by atomic mass is 9.85. The summed E-state index contributed by atoms with van der Waals surface area (Å²) in [6, 6.07) is 17.0. The summed E-state index contributed by atoms with van der Waals surface area (Å²) in [4.78, 5) is 40.9. The molecular weight excluding hydrogens is 534 g/mol. The number of alkyl carbamates (subject to hydrolysis) is 1. The van der Waals surface area contributed by atoms with Crippen LogP contribution in [0, 0.1) is 11.3 Å². The van der Waals surface area contributed by atoms with Gasteiger partial charge in [-0.3, -0.25) is 4.79 Å². The number of amides is 3. The van der Waals surface area contributed by atoms with Crippen LogP contribution < -0.4 is 10.6 Å². The molecule has 0 radical (unpaired) electrons. The van der Waals surface area contributed by atoms with Crippen molar-refractivity contribution in [2.45, 2.75) is 92.2 Å². The fourth-order valence-electron chi connectivity index (χ4n) is 4.32. The first-order valence-corrected chi connectivity index (χ1v) is 14.5. The highest BCUT2D eigenvalue weighted by Gasteiger charge is 2.36. The molecule has 232 valence electrons. The molecule has 3 unspecified atom stereocenters. The smallest absolute Gasteiger partial charge is 0.410 e. The van der Waals surface area contributed by atoms with Crippen LogP contribution in [0.25, 0.3) is 0 Å². The number of carbonyl (C=O) groups excluding carboxylic acids is 3. The molecule has 0 aromatic heterocycles. The van der Waals surface area contributed by atoms with Crippen LogP contribution >= 0.6 is 0 Å². The number of nitrogens with zero attached hydrogens (tertiary/aromatic N) is 1. The molecule has 2 rings (SSSR count). The third-order valence-corrected chi connectivity index (χ3v) is 6.34. The standard InChI is InChI=1S/C33H49N3O6/c1-23(2)20-36(31(40)42-33(6,7)8)21-27(37)26(19-24-15-11-9-12-16-24)34-29(38)28(32(3,4)5)35-30(39)41-22-25-17-13-10-14-18-25/h9-18,23,26-28,37H,19-22H2,1-8H3,(H,34,38)(H,35,39). The van der Waals surface area contributed by atoms with Crippen LogP contribution in [-0.4, -0.2) is 65.0 Å². The second kappa shape index (κ2) is 15.6. The summed E-state index contributed by atoms with van der Waals surface area (Å²) in [7, 11) is 0. The molecule has 3 amide bonds. The monoisotopic (exact) mass is 583 g/mol. The summed E-state index contributed by atoms with van der Waals surface area (Å²) in [6.07, 6.45) is -2.06. The van der Waals surface area contributed by atoms with E-state index in [0.29, 0.717) is 13.0 Å². The van der Waals surface area contributed by atoms with E-state index in [1.165, 1.54) is 4.90 Å². The molecule has 0 saturated heterocycles. The molecule has 2 aromatic rings. The van der Waals surface area contributed by atoms with E-state index in [1.807, 2.05) is 95.3 Å². The fraction of sp³-hybridized carbons (Fsp3) is 0.545. The Bertz CT molecular complexity index is 1130. The fourth-order valence-corrected chi connectivity index (χ4v) is 4.32. The molecule has 0 aliphatic rings. The largest absolute Gasteiger partial charge is 0.445 e. The molecule has 9 heteroatoms. The normalized spacial score (nSPS) is 14.0. The maximum atomic E-state index is 13.7. The van der Waals surface area contributed by atoms with Gasteiger partial charge in [-0.1, -0.05) is 95.3 Å². The Kier molecular flexibility index (Phi) is 12.8. The third-order valence-electron chi connectivity index (χ3n) is 6.34. The molecule has 0 fully saturated rings. The van der Waals surface area contributed by atoms with Crippen molar-refractivity contribution in [3.63, 3.8) is 0 Å². The zero-order chi connectivity index (χ0) is 31.5. The number of benzene rings is 2. The lowest BCUT2D eigenvalue weighted by Gasteiger charge is -2.35. The topological polar surface area (TPSA) is 117 Å². The van der Waals surface area contributed by atoms with Gasteiger partial charge in [0.2, 0.25) is 5.91 Å². The first-order chi connectivity index (χ1) is 19.5.